The number of methoxy groups -OCH3 is 1. The molecular weight excluding hydrogens is 282 g/mol. The number of piperidine rings is 1. The normalized spacial score (nSPS) is 22.3. The van der Waals surface area contributed by atoms with Gasteiger partial charge in [0.15, 0.2) is 0 Å². The molecule has 1 aliphatic rings. The van der Waals surface area contributed by atoms with Crippen LogP contribution in [0.1, 0.15) is 38.7 Å². The minimum atomic E-state index is -0.627. The first-order valence-electron chi connectivity index (χ1n) is 7.60. The summed E-state index contributed by atoms with van der Waals surface area (Å²) >= 11 is 0. The van der Waals surface area contributed by atoms with Crippen molar-refractivity contribution in [3.05, 3.63) is 29.8 Å². The predicted molar refractivity (Wildman–Crippen MR) is 84.2 cm³/mol. The second-order valence-electron chi connectivity index (χ2n) is 6.63. The maximum absolute atomic E-state index is 12.1. The molecule has 0 spiro atoms. The second kappa shape index (κ2) is 6.57. The van der Waals surface area contributed by atoms with Gasteiger partial charge in [0.05, 0.1) is 19.8 Å². The smallest absolute Gasteiger partial charge is 0.410 e. The van der Waals surface area contributed by atoms with Gasteiger partial charge in [0, 0.05) is 12.5 Å². The van der Waals surface area contributed by atoms with Crippen LogP contribution in [0.2, 0.25) is 0 Å². The van der Waals surface area contributed by atoms with Crippen molar-refractivity contribution in [3.8, 4) is 5.75 Å². The van der Waals surface area contributed by atoms with E-state index in [0.717, 1.165) is 11.3 Å². The molecule has 0 bridgehead atoms. The minimum absolute atomic E-state index is 0.0326. The predicted octanol–water partition coefficient (Wildman–Crippen LogP) is 2.78. The summed E-state index contributed by atoms with van der Waals surface area (Å²) in [5, 5.41) is 10.5. The van der Waals surface area contributed by atoms with Gasteiger partial charge in [-0.05, 0) is 38.8 Å². The van der Waals surface area contributed by atoms with Crippen molar-refractivity contribution < 1.29 is 19.4 Å². The van der Waals surface area contributed by atoms with Crippen molar-refractivity contribution in [1.29, 1.82) is 0 Å². The van der Waals surface area contributed by atoms with Crippen LogP contribution in [0.5, 0.6) is 5.75 Å². The molecule has 5 heteroatoms. The highest BCUT2D eigenvalue weighted by Gasteiger charge is 2.34. The number of aliphatic hydroxyl groups is 1. The molecule has 0 radical (unpaired) electrons. The molecule has 2 atom stereocenters. The lowest BCUT2D eigenvalue weighted by Crippen LogP contribution is -2.47. The molecule has 0 unspecified atom stereocenters. The molecule has 0 saturated carbocycles. The van der Waals surface area contributed by atoms with Gasteiger partial charge in [0.2, 0.25) is 0 Å². The van der Waals surface area contributed by atoms with Crippen molar-refractivity contribution in [1.82, 2.24) is 4.90 Å². The Kier molecular flexibility index (Phi) is 4.96. The highest BCUT2D eigenvalue weighted by molar-refractivity contribution is 5.68. The maximum atomic E-state index is 12.1. The number of likely N-dealkylation sites (tertiary alicyclic amines) is 1. The number of hydrogen-bond donors (Lipinski definition) is 1. The van der Waals surface area contributed by atoms with E-state index in [1.165, 1.54) is 0 Å². The van der Waals surface area contributed by atoms with Crippen LogP contribution < -0.4 is 4.74 Å². The Morgan fingerprint density at radius 2 is 2.00 bits per heavy atom. The number of aliphatic hydroxyl groups excluding tert-OH is 1. The van der Waals surface area contributed by atoms with Gasteiger partial charge in [0.25, 0.3) is 0 Å². The van der Waals surface area contributed by atoms with E-state index in [-0.39, 0.29) is 18.6 Å². The summed E-state index contributed by atoms with van der Waals surface area (Å²) in [7, 11) is 1.63. The highest BCUT2D eigenvalue weighted by atomic mass is 16.6. The van der Waals surface area contributed by atoms with Crippen molar-refractivity contribution in [2.24, 2.45) is 0 Å². The van der Waals surface area contributed by atoms with Gasteiger partial charge >= 0.3 is 6.09 Å². The Morgan fingerprint density at radius 1 is 1.32 bits per heavy atom. The van der Waals surface area contributed by atoms with E-state index in [1.54, 1.807) is 12.0 Å². The van der Waals surface area contributed by atoms with Gasteiger partial charge in [-0.15, -0.1) is 0 Å². The third kappa shape index (κ3) is 3.91. The molecule has 0 aromatic heterocycles. The summed E-state index contributed by atoms with van der Waals surface area (Å²) in [4.78, 5) is 13.7. The number of carbonyl (C=O) groups is 1. The Balaban J connectivity index is 2.05. The number of ether oxygens (including phenoxy) is 2. The van der Waals surface area contributed by atoms with Crippen molar-refractivity contribution in [2.75, 3.05) is 20.2 Å². The van der Waals surface area contributed by atoms with Crippen LogP contribution >= 0.6 is 0 Å². The SMILES string of the molecule is COc1ccccc1[C@H]1CCN(C(=O)OC(C)(C)C)C[C@H]1O. The zero-order valence-corrected chi connectivity index (χ0v) is 13.7. The van der Waals surface area contributed by atoms with E-state index in [2.05, 4.69) is 0 Å². The number of benzene rings is 1. The first kappa shape index (κ1) is 16.6. The van der Waals surface area contributed by atoms with Crippen LogP contribution in [0.3, 0.4) is 0 Å². The van der Waals surface area contributed by atoms with E-state index in [1.807, 2.05) is 45.0 Å². The molecule has 1 aromatic carbocycles. The summed E-state index contributed by atoms with van der Waals surface area (Å²) in [6, 6.07) is 7.70. The topological polar surface area (TPSA) is 59.0 Å². The molecule has 1 fully saturated rings. The summed E-state index contributed by atoms with van der Waals surface area (Å²) in [5.41, 5.74) is 0.461. The fraction of sp³-hybridized carbons (Fsp3) is 0.588. The van der Waals surface area contributed by atoms with E-state index in [9.17, 15) is 9.90 Å². The van der Waals surface area contributed by atoms with Crippen LogP contribution in [0.25, 0.3) is 0 Å². The van der Waals surface area contributed by atoms with Gasteiger partial charge in [0.1, 0.15) is 11.4 Å². The number of hydrogen-bond acceptors (Lipinski definition) is 4. The van der Waals surface area contributed by atoms with Crippen LogP contribution in [-0.2, 0) is 4.74 Å². The van der Waals surface area contributed by atoms with Crippen molar-refractivity contribution >= 4 is 6.09 Å². The molecule has 0 aliphatic carbocycles. The molecule has 1 heterocycles. The van der Waals surface area contributed by atoms with E-state index >= 15 is 0 Å². The van der Waals surface area contributed by atoms with Gasteiger partial charge < -0.3 is 19.5 Å². The summed E-state index contributed by atoms with van der Waals surface area (Å²) in [6.07, 6.45) is -0.316. The molecule has 1 amide bonds. The first-order valence-corrected chi connectivity index (χ1v) is 7.60. The molecular formula is C17H25NO4. The standard InChI is InChI=1S/C17H25NO4/c1-17(2,3)22-16(20)18-10-9-12(14(19)11-18)13-7-5-6-8-15(13)21-4/h5-8,12,14,19H,9-11H2,1-4H3/t12-,14-/m1/s1. The second-order valence-corrected chi connectivity index (χ2v) is 6.63. The fourth-order valence-corrected chi connectivity index (χ4v) is 2.76. The molecule has 1 N–H and O–H groups in total. The van der Waals surface area contributed by atoms with Gasteiger partial charge in [-0.3, -0.25) is 0 Å². The molecule has 22 heavy (non-hydrogen) atoms. The molecule has 5 nitrogen and oxygen atoms in total. The van der Waals surface area contributed by atoms with Gasteiger partial charge in [-0.1, -0.05) is 18.2 Å². The van der Waals surface area contributed by atoms with Crippen LogP contribution in [0.4, 0.5) is 4.79 Å². The number of amides is 1. The first-order chi connectivity index (χ1) is 10.3. The van der Waals surface area contributed by atoms with E-state index < -0.39 is 11.7 Å². The molecule has 122 valence electrons. The minimum Gasteiger partial charge on any atom is -0.496 e. The number of para-hydroxylation sites is 1. The third-order valence-electron chi connectivity index (χ3n) is 3.77. The van der Waals surface area contributed by atoms with E-state index in [0.29, 0.717) is 13.0 Å². The van der Waals surface area contributed by atoms with Crippen LogP contribution in [0.15, 0.2) is 24.3 Å². The fourth-order valence-electron chi connectivity index (χ4n) is 2.76. The molecule has 1 saturated heterocycles. The van der Waals surface area contributed by atoms with E-state index in [4.69, 9.17) is 9.47 Å². The average Bonchev–Trinajstić information content (AvgIpc) is 2.45. The Labute approximate surface area is 131 Å². The van der Waals surface area contributed by atoms with Crippen LogP contribution in [-0.4, -0.2) is 48.0 Å². The Morgan fingerprint density at radius 3 is 2.59 bits per heavy atom. The quantitative estimate of drug-likeness (QED) is 0.913. The summed E-state index contributed by atoms with van der Waals surface area (Å²) in [6.45, 7) is 6.35. The summed E-state index contributed by atoms with van der Waals surface area (Å²) in [5.74, 6) is 0.743. The lowest BCUT2D eigenvalue weighted by Gasteiger charge is -2.37. The number of nitrogens with zero attached hydrogens (tertiary/aromatic N) is 1. The van der Waals surface area contributed by atoms with Gasteiger partial charge in [-0.25, -0.2) is 4.79 Å². The molecule has 1 aliphatic heterocycles. The lowest BCUT2D eigenvalue weighted by molar-refractivity contribution is -0.00169. The summed E-state index contributed by atoms with van der Waals surface area (Å²) < 4.78 is 10.7. The van der Waals surface area contributed by atoms with Gasteiger partial charge in [-0.2, -0.15) is 0 Å². The lowest BCUT2D eigenvalue weighted by atomic mass is 9.86. The maximum Gasteiger partial charge on any atom is 0.410 e. The van der Waals surface area contributed by atoms with Crippen molar-refractivity contribution in [2.45, 2.75) is 44.8 Å². The van der Waals surface area contributed by atoms with Crippen LogP contribution in [0, 0.1) is 0 Å². The third-order valence-corrected chi connectivity index (χ3v) is 3.77. The number of rotatable bonds is 2. The molecule has 1 aromatic rings. The molecule has 2 rings (SSSR count). The zero-order valence-electron chi connectivity index (χ0n) is 13.7. The Hall–Kier alpha value is -1.75. The van der Waals surface area contributed by atoms with Crippen molar-refractivity contribution in [3.63, 3.8) is 0 Å². The largest absolute Gasteiger partial charge is 0.496 e. The zero-order chi connectivity index (χ0) is 16.3. The number of carbonyl (C=O) groups excluding carboxylic acids is 1. The monoisotopic (exact) mass is 307 g/mol. The Bertz CT molecular complexity index is 524. The average molecular weight is 307 g/mol. The number of β-amino-alcohol motifs (C(OH)–C–C–N with tert-alkyl or cyclic N) is 1. The highest BCUT2D eigenvalue weighted by Crippen LogP contribution is 2.34.